The average molecular weight is 277 g/mol. The fourth-order valence-electron chi connectivity index (χ4n) is 2.44. The zero-order chi connectivity index (χ0) is 13.8. The van der Waals surface area contributed by atoms with Crippen LogP contribution in [-0.4, -0.2) is 48.6 Å². The molecular weight excluding hydrogens is 258 g/mol. The lowest BCUT2D eigenvalue weighted by Gasteiger charge is -2.15. The van der Waals surface area contributed by atoms with E-state index in [4.69, 9.17) is 9.47 Å². The number of likely N-dealkylation sites (tertiary alicyclic amines) is 1. The second-order valence-electron chi connectivity index (χ2n) is 4.97. The number of aromatic nitrogens is 1. The number of hydrogen-bond acceptors (Lipinski definition) is 5. The van der Waals surface area contributed by atoms with E-state index in [-0.39, 0.29) is 5.91 Å². The van der Waals surface area contributed by atoms with Gasteiger partial charge in [-0.3, -0.25) is 4.79 Å². The molecule has 3 rings (SSSR count). The largest absolute Gasteiger partial charge is 0.476 e. The van der Waals surface area contributed by atoms with E-state index in [9.17, 15) is 4.79 Å². The molecule has 6 nitrogen and oxygen atoms in total. The van der Waals surface area contributed by atoms with Gasteiger partial charge in [-0.1, -0.05) is 0 Å². The summed E-state index contributed by atoms with van der Waals surface area (Å²) in [6.07, 6.45) is 1.62. The summed E-state index contributed by atoms with van der Waals surface area (Å²) < 4.78 is 11.2. The molecule has 20 heavy (non-hydrogen) atoms. The van der Waals surface area contributed by atoms with Gasteiger partial charge in [0.15, 0.2) is 0 Å². The van der Waals surface area contributed by atoms with Crippen LogP contribution in [0.25, 0.3) is 0 Å². The molecule has 0 bridgehead atoms. The summed E-state index contributed by atoms with van der Waals surface area (Å²) in [5.41, 5.74) is 1.05. The molecule has 2 aliphatic rings. The van der Waals surface area contributed by atoms with Gasteiger partial charge in [0.1, 0.15) is 13.2 Å². The van der Waals surface area contributed by atoms with Crippen LogP contribution in [0, 0.1) is 0 Å². The molecule has 1 aromatic heterocycles. The molecule has 1 amide bonds. The summed E-state index contributed by atoms with van der Waals surface area (Å²) in [5, 5.41) is 3.26. The Morgan fingerprint density at radius 1 is 1.45 bits per heavy atom. The number of ether oxygens (including phenoxy) is 2. The molecule has 2 aliphatic heterocycles. The fraction of sp³-hybridized carbons (Fsp3) is 0.571. The van der Waals surface area contributed by atoms with Gasteiger partial charge in [-0.05, 0) is 12.5 Å². The molecule has 1 saturated heterocycles. The number of nitrogens with one attached hydrogen (secondary N) is 1. The van der Waals surface area contributed by atoms with Gasteiger partial charge >= 0.3 is 0 Å². The Morgan fingerprint density at radius 3 is 3.25 bits per heavy atom. The normalized spacial score (nSPS) is 18.4. The monoisotopic (exact) mass is 277 g/mol. The predicted molar refractivity (Wildman–Crippen MR) is 72.7 cm³/mol. The van der Waals surface area contributed by atoms with Crippen LogP contribution in [-0.2, 0) is 11.3 Å². The minimum absolute atomic E-state index is 0.220. The molecule has 0 saturated carbocycles. The van der Waals surface area contributed by atoms with Crippen LogP contribution in [0.2, 0.25) is 0 Å². The number of carbonyl (C=O) groups excluding carboxylic acids is 1. The quantitative estimate of drug-likeness (QED) is 0.871. The molecule has 0 unspecified atom stereocenters. The van der Waals surface area contributed by atoms with Gasteiger partial charge in [0.05, 0.1) is 6.54 Å². The summed E-state index contributed by atoms with van der Waals surface area (Å²) in [4.78, 5) is 17.7. The van der Waals surface area contributed by atoms with Gasteiger partial charge in [-0.15, -0.1) is 0 Å². The number of carbonyl (C=O) groups is 1. The highest BCUT2D eigenvalue weighted by Crippen LogP contribution is 2.21. The molecule has 1 N–H and O–H groups in total. The van der Waals surface area contributed by atoms with Crippen molar-refractivity contribution in [3.05, 3.63) is 17.7 Å². The summed E-state index contributed by atoms with van der Waals surface area (Å²) in [5.74, 6) is 1.42. The molecule has 0 spiro atoms. The van der Waals surface area contributed by atoms with E-state index in [1.54, 1.807) is 0 Å². The number of amides is 1. The van der Waals surface area contributed by atoms with Crippen LogP contribution in [0.15, 0.2) is 12.1 Å². The molecule has 108 valence electrons. The van der Waals surface area contributed by atoms with Crippen molar-refractivity contribution in [1.82, 2.24) is 15.2 Å². The number of fused-ring (bicyclic) bond motifs is 1. The average Bonchev–Trinajstić information content (AvgIpc) is 2.73. The minimum Gasteiger partial charge on any atom is -0.476 e. The molecule has 6 heteroatoms. The predicted octanol–water partition coefficient (Wildman–Crippen LogP) is 0.565. The van der Waals surface area contributed by atoms with Crippen molar-refractivity contribution in [2.45, 2.75) is 19.4 Å². The number of rotatable bonds is 4. The first-order chi connectivity index (χ1) is 9.83. The van der Waals surface area contributed by atoms with Crippen molar-refractivity contribution < 1.29 is 14.3 Å². The third-order valence-electron chi connectivity index (χ3n) is 3.53. The Morgan fingerprint density at radius 2 is 2.40 bits per heavy atom. The molecule has 0 aliphatic carbocycles. The Kier molecular flexibility index (Phi) is 4.01. The van der Waals surface area contributed by atoms with E-state index in [1.807, 2.05) is 17.0 Å². The van der Waals surface area contributed by atoms with Crippen molar-refractivity contribution in [3.63, 3.8) is 0 Å². The van der Waals surface area contributed by atoms with Crippen molar-refractivity contribution in [1.29, 1.82) is 0 Å². The van der Waals surface area contributed by atoms with E-state index in [2.05, 4.69) is 10.3 Å². The van der Waals surface area contributed by atoms with Crippen LogP contribution in [0.3, 0.4) is 0 Å². The van der Waals surface area contributed by atoms with Gasteiger partial charge in [0, 0.05) is 37.7 Å². The topological polar surface area (TPSA) is 63.7 Å². The summed E-state index contributed by atoms with van der Waals surface area (Å²) in [6.45, 7) is 4.14. The molecule has 0 radical (unpaired) electrons. The summed E-state index contributed by atoms with van der Waals surface area (Å²) in [6, 6.07) is 3.82. The van der Waals surface area contributed by atoms with Gasteiger partial charge in [0.2, 0.25) is 17.7 Å². The second kappa shape index (κ2) is 6.09. The van der Waals surface area contributed by atoms with Crippen molar-refractivity contribution in [2.24, 2.45) is 0 Å². The maximum atomic E-state index is 11.5. The van der Waals surface area contributed by atoms with Crippen molar-refractivity contribution >= 4 is 5.91 Å². The van der Waals surface area contributed by atoms with E-state index >= 15 is 0 Å². The van der Waals surface area contributed by atoms with E-state index in [0.29, 0.717) is 37.9 Å². The first-order valence-electron chi connectivity index (χ1n) is 7.07. The van der Waals surface area contributed by atoms with Crippen LogP contribution >= 0.6 is 0 Å². The highest BCUT2D eigenvalue weighted by molar-refractivity contribution is 5.78. The smallest absolute Gasteiger partial charge is 0.222 e. The van der Waals surface area contributed by atoms with Gasteiger partial charge in [0.25, 0.3) is 0 Å². The molecule has 0 aromatic carbocycles. The highest BCUT2D eigenvalue weighted by atomic mass is 16.5. The van der Waals surface area contributed by atoms with E-state index < -0.39 is 0 Å². The number of nitrogens with zero attached hydrogens (tertiary/aromatic N) is 2. The van der Waals surface area contributed by atoms with Gasteiger partial charge in [-0.25, -0.2) is 0 Å². The lowest BCUT2D eigenvalue weighted by molar-refractivity contribution is -0.128. The van der Waals surface area contributed by atoms with Crippen LogP contribution in [0.5, 0.6) is 11.8 Å². The molecule has 1 fully saturated rings. The SMILES string of the molecule is O=C1CCCN1CCOc1ccc2c(n1)OCCNC2. The summed E-state index contributed by atoms with van der Waals surface area (Å²) in [7, 11) is 0. The van der Waals surface area contributed by atoms with Crippen LogP contribution in [0.1, 0.15) is 18.4 Å². The Hall–Kier alpha value is -1.82. The molecule has 0 atom stereocenters. The third kappa shape index (κ3) is 3.01. The fourth-order valence-corrected chi connectivity index (χ4v) is 2.44. The summed E-state index contributed by atoms with van der Waals surface area (Å²) >= 11 is 0. The van der Waals surface area contributed by atoms with Crippen molar-refractivity contribution in [3.8, 4) is 11.8 Å². The third-order valence-corrected chi connectivity index (χ3v) is 3.53. The van der Waals surface area contributed by atoms with Crippen LogP contribution < -0.4 is 14.8 Å². The van der Waals surface area contributed by atoms with Crippen molar-refractivity contribution in [2.75, 3.05) is 32.8 Å². The first kappa shape index (κ1) is 13.2. The number of hydrogen-bond donors (Lipinski definition) is 1. The van der Waals surface area contributed by atoms with E-state index in [0.717, 1.165) is 31.6 Å². The first-order valence-corrected chi connectivity index (χ1v) is 7.07. The Bertz CT molecular complexity index is 493. The maximum absolute atomic E-state index is 11.5. The Labute approximate surface area is 118 Å². The maximum Gasteiger partial charge on any atom is 0.222 e. The van der Waals surface area contributed by atoms with Gasteiger partial charge in [-0.2, -0.15) is 4.98 Å². The molecule has 1 aromatic rings. The zero-order valence-corrected chi connectivity index (χ0v) is 11.4. The lowest BCUT2D eigenvalue weighted by Crippen LogP contribution is -2.29. The van der Waals surface area contributed by atoms with Gasteiger partial charge < -0.3 is 19.7 Å². The molecular formula is C14H19N3O3. The minimum atomic E-state index is 0.220. The number of pyridine rings is 1. The highest BCUT2D eigenvalue weighted by Gasteiger charge is 2.19. The Balaban J connectivity index is 1.55. The molecule has 3 heterocycles. The zero-order valence-electron chi connectivity index (χ0n) is 11.4. The van der Waals surface area contributed by atoms with E-state index in [1.165, 1.54) is 0 Å². The second-order valence-corrected chi connectivity index (χ2v) is 4.97. The lowest BCUT2D eigenvalue weighted by atomic mass is 10.2. The standard InChI is InChI=1S/C14H19N3O3/c18-13-2-1-6-17(13)7-9-19-12-4-3-11-10-15-5-8-20-14(11)16-12/h3-4,15H,1-2,5-10H2. The van der Waals surface area contributed by atoms with Crippen LogP contribution in [0.4, 0.5) is 0 Å².